The van der Waals surface area contributed by atoms with Crippen LogP contribution in [0.4, 0.5) is 0 Å². The highest BCUT2D eigenvalue weighted by Crippen LogP contribution is 2.39. The molecular formula is C19H27NO7S. The monoisotopic (exact) mass is 413 g/mol. The molecule has 0 aliphatic carbocycles. The van der Waals surface area contributed by atoms with Gasteiger partial charge < -0.3 is 23.8 Å². The first-order chi connectivity index (χ1) is 13.4. The molecule has 0 saturated carbocycles. The lowest BCUT2D eigenvalue weighted by atomic mass is 10.1. The van der Waals surface area contributed by atoms with Gasteiger partial charge in [-0.05, 0) is 31.4 Å². The molecule has 1 aromatic rings. The van der Waals surface area contributed by atoms with Gasteiger partial charge in [-0.25, -0.2) is 8.42 Å². The molecule has 0 spiro atoms. The summed E-state index contributed by atoms with van der Waals surface area (Å²) in [5.74, 6) is 0.966. The van der Waals surface area contributed by atoms with Crippen LogP contribution in [0.15, 0.2) is 12.1 Å². The number of ether oxygens (including phenoxy) is 4. The van der Waals surface area contributed by atoms with Gasteiger partial charge >= 0.3 is 0 Å². The van der Waals surface area contributed by atoms with Crippen LogP contribution in [0.5, 0.6) is 17.2 Å². The third-order valence-electron chi connectivity index (χ3n) is 5.25. The lowest BCUT2D eigenvalue weighted by molar-refractivity contribution is 0.0441. The minimum absolute atomic E-state index is 0.0180. The number of hydrogen-bond donors (Lipinski definition) is 0. The van der Waals surface area contributed by atoms with Crippen LogP contribution in [0.2, 0.25) is 0 Å². The second-order valence-corrected chi connectivity index (χ2v) is 9.29. The molecule has 3 rings (SSSR count). The Kier molecular flexibility index (Phi) is 6.34. The van der Waals surface area contributed by atoms with Gasteiger partial charge in [0.15, 0.2) is 21.3 Å². The fourth-order valence-electron chi connectivity index (χ4n) is 3.80. The van der Waals surface area contributed by atoms with Crippen molar-refractivity contribution >= 4 is 15.7 Å². The van der Waals surface area contributed by atoms with Gasteiger partial charge in [0, 0.05) is 24.8 Å². The molecule has 2 aliphatic rings. The zero-order chi connectivity index (χ0) is 20.3. The maximum absolute atomic E-state index is 13.4. The molecule has 2 heterocycles. The van der Waals surface area contributed by atoms with E-state index in [1.807, 2.05) is 0 Å². The van der Waals surface area contributed by atoms with Gasteiger partial charge in [0.05, 0.1) is 38.9 Å². The number of sulfone groups is 1. The highest BCUT2D eigenvalue weighted by atomic mass is 32.2. The van der Waals surface area contributed by atoms with E-state index in [0.717, 1.165) is 12.8 Å². The second kappa shape index (κ2) is 8.57. The van der Waals surface area contributed by atoms with Crippen molar-refractivity contribution in [3.63, 3.8) is 0 Å². The fourth-order valence-corrected chi connectivity index (χ4v) is 5.53. The Morgan fingerprint density at radius 1 is 1.14 bits per heavy atom. The minimum Gasteiger partial charge on any atom is -0.493 e. The predicted molar refractivity (Wildman–Crippen MR) is 103 cm³/mol. The van der Waals surface area contributed by atoms with Crippen LogP contribution >= 0.6 is 0 Å². The molecule has 9 heteroatoms. The van der Waals surface area contributed by atoms with E-state index in [1.54, 1.807) is 17.0 Å². The third-order valence-corrected chi connectivity index (χ3v) is 7.00. The van der Waals surface area contributed by atoms with E-state index in [-0.39, 0.29) is 29.6 Å². The smallest absolute Gasteiger partial charge is 0.254 e. The Bertz CT molecular complexity index is 793. The summed E-state index contributed by atoms with van der Waals surface area (Å²) in [5.41, 5.74) is 0.358. The predicted octanol–water partition coefficient (Wildman–Crippen LogP) is 1.52. The van der Waals surface area contributed by atoms with Crippen molar-refractivity contribution in [3.8, 4) is 17.2 Å². The number of amides is 1. The van der Waals surface area contributed by atoms with E-state index in [4.69, 9.17) is 18.9 Å². The van der Waals surface area contributed by atoms with Crippen molar-refractivity contribution < 1.29 is 32.2 Å². The SMILES string of the molecule is COc1cc(C(=O)N(CC2CCCO2)C2CCS(=O)(=O)C2)cc(OC)c1OC. The Hall–Kier alpha value is -2.00. The molecule has 1 aromatic carbocycles. The minimum atomic E-state index is -3.13. The van der Waals surface area contributed by atoms with Crippen LogP contribution in [0.25, 0.3) is 0 Å². The molecule has 2 atom stereocenters. The fraction of sp³-hybridized carbons (Fsp3) is 0.632. The van der Waals surface area contributed by atoms with Crippen LogP contribution < -0.4 is 14.2 Å². The summed E-state index contributed by atoms with van der Waals surface area (Å²) in [7, 11) is 1.34. The van der Waals surface area contributed by atoms with Gasteiger partial charge in [-0.15, -0.1) is 0 Å². The summed E-state index contributed by atoms with van der Waals surface area (Å²) in [6.07, 6.45) is 2.16. The van der Waals surface area contributed by atoms with E-state index in [1.165, 1.54) is 21.3 Å². The molecule has 0 bridgehead atoms. The van der Waals surface area contributed by atoms with Gasteiger partial charge in [-0.1, -0.05) is 0 Å². The van der Waals surface area contributed by atoms with Crippen LogP contribution in [0.3, 0.4) is 0 Å². The number of carbonyl (C=O) groups excluding carboxylic acids is 1. The molecular weight excluding hydrogens is 386 g/mol. The van der Waals surface area contributed by atoms with Crippen LogP contribution in [-0.4, -0.2) is 77.4 Å². The number of methoxy groups -OCH3 is 3. The van der Waals surface area contributed by atoms with E-state index in [2.05, 4.69) is 0 Å². The first-order valence-electron chi connectivity index (χ1n) is 9.31. The topological polar surface area (TPSA) is 91.4 Å². The molecule has 8 nitrogen and oxygen atoms in total. The average molecular weight is 413 g/mol. The van der Waals surface area contributed by atoms with Crippen molar-refractivity contribution in [3.05, 3.63) is 17.7 Å². The van der Waals surface area contributed by atoms with Gasteiger partial charge in [0.25, 0.3) is 5.91 Å². The van der Waals surface area contributed by atoms with Crippen molar-refractivity contribution in [1.82, 2.24) is 4.90 Å². The Morgan fingerprint density at radius 3 is 2.29 bits per heavy atom. The summed E-state index contributed by atoms with van der Waals surface area (Å²) >= 11 is 0. The molecule has 2 unspecified atom stereocenters. The molecule has 2 saturated heterocycles. The van der Waals surface area contributed by atoms with Gasteiger partial charge in [0.1, 0.15) is 0 Å². The molecule has 2 fully saturated rings. The lowest BCUT2D eigenvalue weighted by Gasteiger charge is -2.31. The van der Waals surface area contributed by atoms with Crippen LogP contribution in [-0.2, 0) is 14.6 Å². The van der Waals surface area contributed by atoms with Gasteiger partial charge in [0.2, 0.25) is 5.75 Å². The molecule has 0 radical (unpaired) electrons. The van der Waals surface area contributed by atoms with Crippen molar-refractivity contribution in [2.75, 3.05) is 46.0 Å². The summed E-state index contributed by atoms with van der Waals surface area (Å²) in [4.78, 5) is 15.0. The maximum atomic E-state index is 13.4. The summed E-state index contributed by atoms with van der Waals surface area (Å²) in [5, 5.41) is 0. The Morgan fingerprint density at radius 2 is 1.82 bits per heavy atom. The molecule has 28 heavy (non-hydrogen) atoms. The van der Waals surface area contributed by atoms with Gasteiger partial charge in [-0.2, -0.15) is 0 Å². The average Bonchev–Trinajstić information content (AvgIpc) is 3.33. The van der Waals surface area contributed by atoms with Crippen LogP contribution in [0, 0.1) is 0 Å². The Balaban J connectivity index is 1.94. The normalized spacial score (nSPS) is 23.4. The highest BCUT2D eigenvalue weighted by molar-refractivity contribution is 7.91. The van der Waals surface area contributed by atoms with Gasteiger partial charge in [-0.3, -0.25) is 4.79 Å². The van der Waals surface area contributed by atoms with E-state index < -0.39 is 9.84 Å². The molecule has 0 N–H and O–H groups in total. The van der Waals surface area contributed by atoms with Crippen molar-refractivity contribution in [2.24, 2.45) is 0 Å². The number of nitrogens with zero attached hydrogens (tertiary/aromatic N) is 1. The highest BCUT2D eigenvalue weighted by Gasteiger charge is 2.37. The molecule has 1 amide bonds. The summed E-state index contributed by atoms with van der Waals surface area (Å²) < 4.78 is 45.7. The number of benzene rings is 1. The van der Waals surface area contributed by atoms with Crippen LogP contribution in [0.1, 0.15) is 29.6 Å². The number of carbonyl (C=O) groups is 1. The maximum Gasteiger partial charge on any atom is 0.254 e. The molecule has 0 aromatic heterocycles. The molecule has 156 valence electrons. The summed E-state index contributed by atoms with van der Waals surface area (Å²) in [6.45, 7) is 1.04. The largest absolute Gasteiger partial charge is 0.493 e. The number of hydrogen-bond acceptors (Lipinski definition) is 7. The van der Waals surface area contributed by atoms with Crippen molar-refractivity contribution in [2.45, 2.75) is 31.4 Å². The number of rotatable bonds is 7. The quantitative estimate of drug-likeness (QED) is 0.669. The second-order valence-electron chi connectivity index (χ2n) is 7.06. The van der Waals surface area contributed by atoms with E-state index >= 15 is 0 Å². The first kappa shape index (κ1) is 20.7. The van der Waals surface area contributed by atoms with Crippen molar-refractivity contribution in [1.29, 1.82) is 0 Å². The van der Waals surface area contributed by atoms with E-state index in [0.29, 0.717) is 42.4 Å². The lowest BCUT2D eigenvalue weighted by Crippen LogP contribution is -2.45. The molecule has 2 aliphatic heterocycles. The zero-order valence-corrected chi connectivity index (χ0v) is 17.3. The van der Waals surface area contributed by atoms with E-state index in [9.17, 15) is 13.2 Å². The standard InChI is InChI=1S/C19H27NO7S/c1-24-16-9-13(10-17(25-2)18(16)26-3)19(21)20(11-15-5-4-7-27-15)14-6-8-28(22,23)12-14/h9-10,14-15H,4-8,11-12H2,1-3H3. The Labute approximate surface area is 165 Å². The first-order valence-corrected chi connectivity index (χ1v) is 11.1. The summed E-state index contributed by atoms with van der Waals surface area (Å²) in [6, 6.07) is 2.83. The zero-order valence-electron chi connectivity index (χ0n) is 16.5. The third kappa shape index (κ3) is 4.35.